The van der Waals surface area contributed by atoms with E-state index in [0.717, 1.165) is 0 Å². The number of rotatable bonds is 5. The number of carbonyl (C=O) groups excluding carboxylic acids is 2. The van der Waals surface area contributed by atoms with Gasteiger partial charge in [0.15, 0.2) is 0 Å². The third-order valence-electron chi connectivity index (χ3n) is 3.69. The van der Waals surface area contributed by atoms with Gasteiger partial charge in [-0.15, -0.1) is 0 Å². The monoisotopic (exact) mass is 365 g/mol. The SMILES string of the molecule is COC(=O)c1ccc(/C=C(\C#N)C(=O)Nc2cc([N+](=O)[O-])ccc2C)cc1. The van der Waals surface area contributed by atoms with Gasteiger partial charge in [-0.2, -0.15) is 5.26 Å². The summed E-state index contributed by atoms with van der Waals surface area (Å²) in [4.78, 5) is 34.1. The minimum Gasteiger partial charge on any atom is -0.465 e. The maximum atomic E-state index is 12.4. The number of esters is 1. The number of nitriles is 1. The molecule has 0 aromatic heterocycles. The molecule has 0 atom stereocenters. The number of methoxy groups -OCH3 is 1. The number of nitrogens with one attached hydrogen (secondary N) is 1. The second-order valence-electron chi connectivity index (χ2n) is 5.49. The molecule has 1 amide bonds. The van der Waals surface area contributed by atoms with Gasteiger partial charge < -0.3 is 10.1 Å². The maximum absolute atomic E-state index is 12.4. The van der Waals surface area contributed by atoms with Crippen LogP contribution < -0.4 is 5.32 Å². The average molecular weight is 365 g/mol. The number of non-ortho nitro benzene ring substituents is 1. The summed E-state index contributed by atoms with van der Waals surface area (Å²) in [7, 11) is 1.27. The number of benzene rings is 2. The van der Waals surface area contributed by atoms with Crippen molar-refractivity contribution in [1.29, 1.82) is 5.26 Å². The quantitative estimate of drug-likeness (QED) is 0.285. The van der Waals surface area contributed by atoms with Crippen LogP contribution >= 0.6 is 0 Å². The fourth-order valence-corrected chi connectivity index (χ4v) is 2.20. The molecule has 0 aliphatic rings. The molecule has 0 heterocycles. The predicted octanol–water partition coefficient (Wildman–Crippen LogP) is 3.24. The van der Waals surface area contributed by atoms with E-state index in [-0.39, 0.29) is 16.9 Å². The normalized spacial score (nSPS) is 10.6. The zero-order valence-corrected chi connectivity index (χ0v) is 14.6. The first-order chi connectivity index (χ1) is 12.8. The molecule has 0 aliphatic heterocycles. The first kappa shape index (κ1) is 19.3. The van der Waals surface area contributed by atoms with Crippen LogP contribution in [0.1, 0.15) is 21.5 Å². The van der Waals surface area contributed by atoms with Crippen molar-refractivity contribution in [2.24, 2.45) is 0 Å². The van der Waals surface area contributed by atoms with Crippen molar-refractivity contribution in [2.45, 2.75) is 6.92 Å². The van der Waals surface area contributed by atoms with E-state index in [4.69, 9.17) is 0 Å². The van der Waals surface area contributed by atoms with Crippen molar-refractivity contribution in [3.63, 3.8) is 0 Å². The molecular formula is C19H15N3O5. The minimum atomic E-state index is -0.696. The molecule has 2 aromatic carbocycles. The van der Waals surface area contributed by atoms with E-state index in [9.17, 15) is 25.0 Å². The molecule has 27 heavy (non-hydrogen) atoms. The van der Waals surface area contributed by atoms with Gasteiger partial charge in [0.25, 0.3) is 11.6 Å². The fourth-order valence-electron chi connectivity index (χ4n) is 2.20. The average Bonchev–Trinajstić information content (AvgIpc) is 2.67. The van der Waals surface area contributed by atoms with E-state index in [2.05, 4.69) is 10.1 Å². The Labute approximate surface area is 154 Å². The van der Waals surface area contributed by atoms with E-state index in [0.29, 0.717) is 16.7 Å². The first-order valence-corrected chi connectivity index (χ1v) is 7.72. The smallest absolute Gasteiger partial charge is 0.337 e. The lowest BCUT2D eigenvalue weighted by Crippen LogP contribution is -2.14. The summed E-state index contributed by atoms with van der Waals surface area (Å²) >= 11 is 0. The Hall–Kier alpha value is -3.99. The summed E-state index contributed by atoms with van der Waals surface area (Å²) in [6, 6.07) is 12.0. The van der Waals surface area contributed by atoms with Crippen LogP contribution in [0.25, 0.3) is 6.08 Å². The standard InChI is InChI=1S/C19H15N3O5/c1-12-3-8-16(22(25)26)10-17(12)21-18(23)15(11-20)9-13-4-6-14(7-5-13)19(24)27-2/h3-10H,1-2H3,(H,21,23)/b15-9+. The molecule has 8 heteroatoms. The third-order valence-corrected chi connectivity index (χ3v) is 3.69. The molecule has 0 saturated carbocycles. The number of nitro benzene ring substituents is 1. The van der Waals surface area contributed by atoms with Crippen LogP contribution in [0.15, 0.2) is 48.0 Å². The van der Waals surface area contributed by atoms with E-state index in [1.807, 2.05) is 0 Å². The second-order valence-corrected chi connectivity index (χ2v) is 5.49. The third kappa shape index (κ3) is 4.76. The lowest BCUT2D eigenvalue weighted by atomic mass is 10.1. The van der Waals surface area contributed by atoms with Gasteiger partial charge in [-0.3, -0.25) is 14.9 Å². The molecule has 0 bridgehead atoms. The van der Waals surface area contributed by atoms with Crippen LogP contribution in [0.2, 0.25) is 0 Å². The number of carbonyl (C=O) groups is 2. The van der Waals surface area contributed by atoms with Gasteiger partial charge in [0.05, 0.1) is 23.3 Å². The van der Waals surface area contributed by atoms with Crippen molar-refractivity contribution in [2.75, 3.05) is 12.4 Å². The molecule has 136 valence electrons. The van der Waals surface area contributed by atoms with Crippen LogP contribution in [0.5, 0.6) is 0 Å². The number of nitrogens with zero attached hydrogens (tertiary/aromatic N) is 2. The molecule has 0 saturated heterocycles. The predicted molar refractivity (Wildman–Crippen MR) is 97.8 cm³/mol. The number of hydrogen-bond donors (Lipinski definition) is 1. The van der Waals surface area contributed by atoms with Gasteiger partial charge in [0, 0.05) is 12.1 Å². The van der Waals surface area contributed by atoms with Crippen LogP contribution in [-0.2, 0) is 9.53 Å². The van der Waals surface area contributed by atoms with E-state index in [1.54, 1.807) is 25.1 Å². The Bertz CT molecular complexity index is 972. The highest BCUT2D eigenvalue weighted by molar-refractivity contribution is 6.10. The number of anilines is 1. The van der Waals surface area contributed by atoms with Crippen molar-refractivity contribution < 1.29 is 19.2 Å². The van der Waals surface area contributed by atoms with Gasteiger partial charge >= 0.3 is 5.97 Å². The Kier molecular flexibility index (Phi) is 6.02. The minimum absolute atomic E-state index is 0.170. The molecule has 2 aromatic rings. The molecule has 0 spiro atoms. The zero-order valence-electron chi connectivity index (χ0n) is 14.6. The molecule has 0 aliphatic carbocycles. The molecule has 1 N–H and O–H groups in total. The fraction of sp³-hybridized carbons (Fsp3) is 0.105. The molecule has 0 unspecified atom stereocenters. The number of hydrogen-bond acceptors (Lipinski definition) is 6. The van der Waals surface area contributed by atoms with E-state index < -0.39 is 16.8 Å². The molecule has 0 fully saturated rings. The molecule has 2 rings (SSSR count). The topological polar surface area (TPSA) is 122 Å². The summed E-state index contributed by atoms with van der Waals surface area (Å²) in [6.45, 7) is 1.68. The van der Waals surface area contributed by atoms with Crippen LogP contribution in [0.4, 0.5) is 11.4 Å². The second kappa shape index (κ2) is 8.40. The highest BCUT2D eigenvalue weighted by atomic mass is 16.6. The Balaban J connectivity index is 2.25. The Morgan fingerprint density at radius 3 is 2.44 bits per heavy atom. The Morgan fingerprint density at radius 2 is 1.89 bits per heavy atom. The molecule has 8 nitrogen and oxygen atoms in total. The van der Waals surface area contributed by atoms with Gasteiger partial charge in [0.2, 0.25) is 0 Å². The highest BCUT2D eigenvalue weighted by Gasteiger charge is 2.14. The number of ether oxygens (including phenoxy) is 1. The lowest BCUT2D eigenvalue weighted by Gasteiger charge is -2.07. The van der Waals surface area contributed by atoms with Crippen molar-refractivity contribution >= 4 is 29.3 Å². The highest BCUT2D eigenvalue weighted by Crippen LogP contribution is 2.22. The number of amides is 1. The van der Waals surface area contributed by atoms with Gasteiger partial charge in [-0.25, -0.2) is 4.79 Å². The summed E-state index contributed by atoms with van der Waals surface area (Å²) in [5, 5.41) is 22.6. The summed E-state index contributed by atoms with van der Waals surface area (Å²) < 4.78 is 4.60. The summed E-state index contributed by atoms with van der Waals surface area (Å²) in [5.74, 6) is -1.19. The lowest BCUT2D eigenvalue weighted by molar-refractivity contribution is -0.384. The zero-order chi connectivity index (χ0) is 20.0. The number of nitro groups is 1. The van der Waals surface area contributed by atoms with E-state index >= 15 is 0 Å². The largest absolute Gasteiger partial charge is 0.465 e. The maximum Gasteiger partial charge on any atom is 0.337 e. The van der Waals surface area contributed by atoms with Crippen LogP contribution in [0.3, 0.4) is 0 Å². The van der Waals surface area contributed by atoms with Crippen molar-refractivity contribution in [3.05, 3.63) is 74.8 Å². The number of aryl methyl sites for hydroxylation is 1. The van der Waals surface area contributed by atoms with Gasteiger partial charge in [-0.05, 0) is 36.3 Å². The van der Waals surface area contributed by atoms with Gasteiger partial charge in [0.1, 0.15) is 11.6 Å². The van der Waals surface area contributed by atoms with E-state index in [1.165, 1.54) is 43.5 Å². The molecule has 0 radical (unpaired) electrons. The van der Waals surface area contributed by atoms with Crippen molar-refractivity contribution in [3.8, 4) is 6.07 Å². The summed E-state index contributed by atoms with van der Waals surface area (Å²) in [6.07, 6.45) is 1.35. The Morgan fingerprint density at radius 1 is 1.22 bits per heavy atom. The molecular weight excluding hydrogens is 350 g/mol. The van der Waals surface area contributed by atoms with Crippen LogP contribution in [-0.4, -0.2) is 23.9 Å². The van der Waals surface area contributed by atoms with Crippen LogP contribution in [0, 0.1) is 28.4 Å². The van der Waals surface area contributed by atoms with Gasteiger partial charge in [-0.1, -0.05) is 18.2 Å². The first-order valence-electron chi connectivity index (χ1n) is 7.72. The van der Waals surface area contributed by atoms with Crippen molar-refractivity contribution in [1.82, 2.24) is 0 Å². The summed E-state index contributed by atoms with van der Waals surface area (Å²) in [5.41, 5.74) is 1.38.